The highest BCUT2D eigenvalue weighted by Gasteiger charge is 2.74. The molecule has 7 aliphatic rings. The third kappa shape index (κ3) is 4.99. The first-order chi connectivity index (χ1) is 24.3. The largest absolute Gasteiger partial charge is 0.478 e. The molecule has 2 aliphatic heterocycles. The maximum Gasteiger partial charge on any atom is 0.335 e. The van der Waals surface area contributed by atoms with Crippen molar-refractivity contribution in [1.82, 2.24) is 10.2 Å². The van der Waals surface area contributed by atoms with Crippen LogP contribution in [0.1, 0.15) is 155 Å². The van der Waals surface area contributed by atoms with Crippen molar-refractivity contribution in [3.8, 4) is 0 Å². The van der Waals surface area contributed by atoms with Crippen molar-refractivity contribution in [3.05, 3.63) is 53.6 Å². The van der Waals surface area contributed by atoms with E-state index in [1.165, 1.54) is 80.9 Å². The summed E-state index contributed by atoms with van der Waals surface area (Å²) in [6.07, 6.45) is 18.3. The Morgan fingerprint density at radius 2 is 1.48 bits per heavy atom. The number of carboxylic acid groups (broad SMARTS) is 1. The number of aromatic carboxylic acids is 1. The lowest BCUT2D eigenvalue weighted by Crippen LogP contribution is -2.71. The van der Waals surface area contributed by atoms with Crippen molar-refractivity contribution in [3.63, 3.8) is 0 Å². The monoisotopic (exact) mass is 711 g/mol. The van der Waals surface area contributed by atoms with Crippen molar-refractivity contribution in [1.29, 1.82) is 0 Å². The molecule has 11 atom stereocenters. The smallest absolute Gasteiger partial charge is 0.335 e. The molecule has 6 fully saturated rings. The molecule has 4 saturated carbocycles. The van der Waals surface area contributed by atoms with Crippen LogP contribution in [0.4, 0.5) is 0 Å². The summed E-state index contributed by atoms with van der Waals surface area (Å²) in [6.45, 7) is 27.1. The van der Waals surface area contributed by atoms with E-state index in [1.54, 1.807) is 12.1 Å². The van der Waals surface area contributed by atoms with Gasteiger partial charge in [-0.15, -0.1) is 0 Å². The Kier molecular flexibility index (Phi) is 8.55. The number of rotatable bonds is 7. The van der Waals surface area contributed by atoms with Crippen LogP contribution in [0.5, 0.6) is 0 Å². The number of carboxylic acids is 1. The molecule has 52 heavy (non-hydrogen) atoms. The van der Waals surface area contributed by atoms with Gasteiger partial charge in [0.2, 0.25) is 0 Å². The molecule has 1 aromatic carbocycles. The first-order valence-corrected chi connectivity index (χ1v) is 21.3. The predicted octanol–water partition coefficient (Wildman–Crippen LogP) is 10.1. The van der Waals surface area contributed by atoms with Crippen molar-refractivity contribution in [2.75, 3.05) is 13.1 Å². The Bertz CT molecular complexity index is 1630. The first kappa shape index (κ1) is 37.0. The standard InChI is InChI=1S/C47H70N2O3/c1-30(2)35-16-23-47(48-26-27-49-33-14-15-34(49)29-42(5,52)28-33)25-24-43(6)37(39(35)47)18-21-46(9)44(7)20-17-36(31-10-12-32(13-11-31)40(50)51)41(3,4)38(44)19-22-45(43,46)8/h10-13,17,33-35,37-39,48,52H,1,14-16,18-29H2,2-9H3,(H,50,51)/t33?,34?,35-,37+,38?,39?,42?,43+,44-,45-,46+,47-/m0/s1. The van der Waals surface area contributed by atoms with Crippen molar-refractivity contribution in [2.45, 2.75) is 162 Å². The molecule has 2 bridgehead atoms. The summed E-state index contributed by atoms with van der Waals surface area (Å²) in [5.41, 5.74) is 5.03. The van der Waals surface area contributed by atoms with Gasteiger partial charge in [0.05, 0.1) is 11.2 Å². The molecule has 4 unspecified atom stereocenters. The van der Waals surface area contributed by atoms with E-state index in [4.69, 9.17) is 0 Å². The maximum absolute atomic E-state index is 11.6. The minimum atomic E-state index is -0.859. The Morgan fingerprint density at radius 3 is 2.12 bits per heavy atom. The highest BCUT2D eigenvalue weighted by atomic mass is 16.4. The van der Waals surface area contributed by atoms with Crippen LogP contribution in [0, 0.1) is 50.7 Å². The zero-order valence-corrected chi connectivity index (χ0v) is 33.9. The van der Waals surface area contributed by atoms with Crippen LogP contribution in [0.2, 0.25) is 0 Å². The van der Waals surface area contributed by atoms with Crippen LogP contribution in [0.25, 0.3) is 5.57 Å². The fourth-order valence-corrected chi connectivity index (χ4v) is 16.1. The average molecular weight is 711 g/mol. The van der Waals surface area contributed by atoms with Gasteiger partial charge in [-0.25, -0.2) is 4.79 Å². The van der Waals surface area contributed by atoms with Crippen LogP contribution in [-0.4, -0.2) is 57.4 Å². The number of piperidine rings is 1. The van der Waals surface area contributed by atoms with E-state index in [0.717, 1.165) is 32.4 Å². The van der Waals surface area contributed by atoms with Crippen molar-refractivity contribution in [2.24, 2.45) is 50.7 Å². The normalized spacial score (nSPS) is 47.8. The van der Waals surface area contributed by atoms with Crippen LogP contribution in [-0.2, 0) is 0 Å². The van der Waals surface area contributed by atoms with Gasteiger partial charge in [0, 0.05) is 30.7 Å². The van der Waals surface area contributed by atoms with Gasteiger partial charge in [0.1, 0.15) is 0 Å². The van der Waals surface area contributed by atoms with Gasteiger partial charge < -0.3 is 15.5 Å². The summed E-state index contributed by atoms with van der Waals surface area (Å²) in [5.74, 6) is 1.67. The molecule has 2 heterocycles. The third-order valence-corrected chi connectivity index (χ3v) is 19.1. The number of carbonyl (C=O) groups is 1. The second-order valence-corrected chi connectivity index (χ2v) is 21.3. The fraction of sp³-hybridized carbons (Fsp3) is 0.766. The highest BCUT2D eigenvalue weighted by molar-refractivity contribution is 5.88. The zero-order chi connectivity index (χ0) is 37.3. The summed E-state index contributed by atoms with van der Waals surface area (Å²) < 4.78 is 0. The van der Waals surface area contributed by atoms with Gasteiger partial charge in [-0.3, -0.25) is 4.90 Å². The van der Waals surface area contributed by atoms with E-state index in [1.807, 2.05) is 12.1 Å². The summed E-state index contributed by atoms with van der Waals surface area (Å²) in [6, 6.07) is 8.75. The van der Waals surface area contributed by atoms with Crippen LogP contribution in [0.3, 0.4) is 0 Å². The van der Waals surface area contributed by atoms with Crippen molar-refractivity contribution >= 4 is 11.5 Å². The van der Waals surface area contributed by atoms with Gasteiger partial charge in [-0.1, -0.05) is 71.9 Å². The predicted molar refractivity (Wildman–Crippen MR) is 212 cm³/mol. The summed E-state index contributed by atoms with van der Waals surface area (Å²) in [7, 11) is 0. The molecule has 8 rings (SSSR count). The zero-order valence-electron chi connectivity index (χ0n) is 33.9. The van der Waals surface area contributed by atoms with Gasteiger partial charge in [-0.05, 0) is 171 Å². The maximum atomic E-state index is 11.6. The highest BCUT2D eigenvalue weighted by Crippen LogP contribution is 2.81. The Labute approximate surface area is 315 Å². The second-order valence-electron chi connectivity index (χ2n) is 21.3. The molecule has 0 radical (unpaired) electrons. The first-order valence-electron chi connectivity index (χ1n) is 21.3. The number of nitrogens with zero attached hydrogens (tertiary/aromatic N) is 1. The van der Waals surface area contributed by atoms with E-state index in [2.05, 4.69) is 78.3 Å². The molecule has 3 N–H and O–H groups in total. The van der Waals surface area contributed by atoms with E-state index >= 15 is 0 Å². The Hall–Kier alpha value is -1.95. The van der Waals surface area contributed by atoms with E-state index in [0.29, 0.717) is 41.3 Å². The van der Waals surface area contributed by atoms with Gasteiger partial charge in [0.15, 0.2) is 0 Å². The SMILES string of the molecule is C=C(C)[C@@H]1CC[C@]2(NCCN3C4CCC3CC(C)(O)C4)CC[C@]3(C)[C@H](CC[C@@]4(C)[C@@]3(C)CCC3C(C)(C)C(c5ccc(C(=O)O)cc5)=CC[C@@]34C)C12. The molecule has 0 amide bonds. The molecule has 0 aromatic heterocycles. The van der Waals surface area contributed by atoms with Gasteiger partial charge in [-0.2, -0.15) is 0 Å². The number of hydrogen-bond donors (Lipinski definition) is 3. The molecule has 1 aromatic rings. The van der Waals surface area contributed by atoms with Crippen LogP contribution >= 0.6 is 0 Å². The molecule has 5 heteroatoms. The molecular formula is C47H70N2O3. The summed E-state index contributed by atoms with van der Waals surface area (Å²) in [5, 5.41) is 24.8. The average Bonchev–Trinajstić information content (AvgIpc) is 3.57. The molecular weight excluding hydrogens is 641 g/mol. The molecule has 2 saturated heterocycles. The number of hydrogen-bond acceptors (Lipinski definition) is 4. The molecule has 5 aliphatic carbocycles. The van der Waals surface area contributed by atoms with Crippen molar-refractivity contribution < 1.29 is 15.0 Å². The quantitative estimate of drug-likeness (QED) is 0.246. The second kappa shape index (κ2) is 12.0. The topological polar surface area (TPSA) is 72.8 Å². The number of fused-ring (bicyclic) bond motifs is 9. The van der Waals surface area contributed by atoms with E-state index in [9.17, 15) is 15.0 Å². The Balaban J connectivity index is 1.07. The van der Waals surface area contributed by atoms with Crippen LogP contribution in [0.15, 0.2) is 42.5 Å². The number of aliphatic hydroxyl groups is 1. The summed E-state index contributed by atoms with van der Waals surface area (Å²) >= 11 is 0. The summed E-state index contributed by atoms with van der Waals surface area (Å²) in [4.78, 5) is 14.4. The number of nitrogens with one attached hydrogen (secondary N) is 1. The third-order valence-electron chi connectivity index (χ3n) is 19.1. The lowest BCUT2D eigenvalue weighted by atomic mass is 9.28. The molecule has 5 nitrogen and oxygen atoms in total. The van der Waals surface area contributed by atoms with E-state index in [-0.39, 0.29) is 32.6 Å². The lowest BCUT2D eigenvalue weighted by molar-refractivity contribution is -0.268. The van der Waals surface area contributed by atoms with Crippen LogP contribution < -0.4 is 5.32 Å². The minimum Gasteiger partial charge on any atom is -0.478 e. The fourth-order valence-electron chi connectivity index (χ4n) is 16.1. The van der Waals surface area contributed by atoms with E-state index < -0.39 is 11.6 Å². The number of allylic oxidation sites excluding steroid dienone is 3. The minimum absolute atomic E-state index is 0.00556. The molecule has 0 spiro atoms. The molecule has 286 valence electrons. The lowest BCUT2D eigenvalue weighted by Gasteiger charge is -2.77. The van der Waals surface area contributed by atoms with Gasteiger partial charge >= 0.3 is 5.97 Å². The Morgan fingerprint density at radius 1 is 0.846 bits per heavy atom. The van der Waals surface area contributed by atoms with Gasteiger partial charge in [0.25, 0.3) is 0 Å². The number of benzene rings is 1.